The van der Waals surface area contributed by atoms with E-state index in [1.54, 1.807) is 14.2 Å². The average Bonchev–Trinajstić information content (AvgIpc) is 2.55. The Labute approximate surface area is 142 Å². The largest absolute Gasteiger partial charge is 0.398 e. The highest BCUT2D eigenvalue weighted by Gasteiger charge is 2.17. The molecule has 2 rings (SSSR count). The number of nitrogen functional groups attached to an aromatic ring is 2. The Bertz CT molecular complexity index is 674. The lowest BCUT2D eigenvalue weighted by atomic mass is 9.92. The van der Waals surface area contributed by atoms with Crippen molar-refractivity contribution in [1.82, 2.24) is 0 Å². The summed E-state index contributed by atoms with van der Waals surface area (Å²) in [5.41, 5.74) is 17.9. The summed E-state index contributed by atoms with van der Waals surface area (Å²) in [6.07, 6.45) is 1.41. The number of benzene rings is 2. The van der Waals surface area contributed by atoms with Crippen LogP contribution < -0.4 is 11.5 Å². The summed E-state index contributed by atoms with van der Waals surface area (Å²) in [7, 11) is 3.35. The van der Waals surface area contributed by atoms with Gasteiger partial charge < -0.3 is 20.9 Å². The molecule has 0 radical (unpaired) electrons. The van der Waals surface area contributed by atoms with Crippen LogP contribution in [0.15, 0.2) is 30.3 Å². The van der Waals surface area contributed by atoms with Crippen LogP contribution in [0, 0.1) is 0 Å². The van der Waals surface area contributed by atoms with Gasteiger partial charge in [0.15, 0.2) is 0 Å². The van der Waals surface area contributed by atoms with Crippen molar-refractivity contribution in [1.29, 1.82) is 0 Å². The molecule has 0 aliphatic heterocycles. The molecule has 4 N–H and O–H groups in total. The fraction of sp³-hybridized carbons (Fsp3) is 0.333. The Balaban J connectivity index is 2.57. The monoisotopic (exact) mass is 334 g/mol. The summed E-state index contributed by atoms with van der Waals surface area (Å²) in [6.45, 7) is 1.17. The Hall–Kier alpha value is -1.75. The van der Waals surface area contributed by atoms with Gasteiger partial charge in [0.05, 0.1) is 13.2 Å². The van der Waals surface area contributed by atoms with Crippen LogP contribution in [0.25, 0.3) is 11.1 Å². The lowest BCUT2D eigenvalue weighted by Gasteiger charge is -2.19. The van der Waals surface area contributed by atoms with E-state index in [2.05, 4.69) is 0 Å². The van der Waals surface area contributed by atoms with Crippen molar-refractivity contribution in [3.63, 3.8) is 0 Å². The van der Waals surface area contributed by atoms with Crippen LogP contribution in [0.1, 0.15) is 11.1 Å². The first kappa shape index (κ1) is 17.6. The van der Waals surface area contributed by atoms with Crippen LogP contribution in [0.3, 0.4) is 0 Å². The van der Waals surface area contributed by atoms with Crippen LogP contribution in [0.5, 0.6) is 0 Å². The van der Waals surface area contributed by atoms with Crippen LogP contribution in [-0.2, 0) is 22.3 Å². The van der Waals surface area contributed by atoms with Gasteiger partial charge in [0, 0.05) is 41.7 Å². The minimum atomic E-state index is 0.579. The van der Waals surface area contributed by atoms with E-state index in [-0.39, 0.29) is 0 Å². The zero-order chi connectivity index (χ0) is 16.8. The molecule has 2 aromatic rings. The Morgan fingerprint density at radius 2 is 1.52 bits per heavy atom. The average molecular weight is 335 g/mol. The van der Waals surface area contributed by atoms with Gasteiger partial charge in [-0.1, -0.05) is 29.8 Å². The number of ether oxygens (including phenoxy) is 2. The van der Waals surface area contributed by atoms with E-state index in [9.17, 15) is 0 Å². The number of hydrogen-bond donors (Lipinski definition) is 2. The first-order chi connectivity index (χ1) is 11.1. The van der Waals surface area contributed by atoms with E-state index in [0.717, 1.165) is 22.3 Å². The van der Waals surface area contributed by atoms with E-state index in [1.165, 1.54) is 0 Å². The number of rotatable bonds is 7. The molecule has 0 aromatic heterocycles. The smallest absolute Gasteiger partial charge is 0.0503 e. The molecule has 0 saturated carbocycles. The number of methoxy groups -OCH3 is 2. The molecule has 124 valence electrons. The molecule has 0 aliphatic rings. The molecular weight excluding hydrogens is 312 g/mol. The maximum Gasteiger partial charge on any atom is 0.0503 e. The van der Waals surface area contributed by atoms with E-state index in [0.29, 0.717) is 42.5 Å². The maximum absolute atomic E-state index is 6.46. The topological polar surface area (TPSA) is 70.5 Å². The van der Waals surface area contributed by atoms with Gasteiger partial charge >= 0.3 is 0 Å². The predicted octanol–water partition coefficient (Wildman–Crippen LogP) is 3.55. The van der Waals surface area contributed by atoms with E-state index in [4.69, 9.17) is 32.5 Å². The molecule has 0 bridgehead atoms. The zero-order valence-electron chi connectivity index (χ0n) is 13.6. The predicted molar refractivity (Wildman–Crippen MR) is 96.9 cm³/mol. The number of halogens is 1. The molecule has 4 nitrogen and oxygen atoms in total. The molecule has 0 aliphatic carbocycles. The van der Waals surface area contributed by atoms with Crippen molar-refractivity contribution >= 4 is 23.0 Å². The lowest BCUT2D eigenvalue weighted by Crippen LogP contribution is -2.10. The van der Waals surface area contributed by atoms with E-state index >= 15 is 0 Å². The minimum absolute atomic E-state index is 0.579. The third-order valence-electron chi connectivity index (χ3n) is 3.90. The Kier molecular flexibility index (Phi) is 6.28. The Morgan fingerprint density at radius 3 is 2.13 bits per heavy atom. The summed E-state index contributed by atoms with van der Waals surface area (Å²) >= 11 is 6.32. The summed E-state index contributed by atoms with van der Waals surface area (Å²) in [6, 6.07) is 9.52. The number of anilines is 2. The maximum atomic E-state index is 6.46. The molecule has 0 unspecified atom stereocenters. The summed E-state index contributed by atoms with van der Waals surface area (Å²) in [4.78, 5) is 0. The molecule has 5 heteroatoms. The van der Waals surface area contributed by atoms with Crippen molar-refractivity contribution in [2.45, 2.75) is 12.8 Å². The normalized spacial score (nSPS) is 10.9. The molecule has 0 amide bonds. The SMILES string of the molecule is COCCc1c(N)cc(-c2ccccc2Cl)c(N)c1CCOC. The highest BCUT2D eigenvalue weighted by atomic mass is 35.5. The zero-order valence-corrected chi connectivity index (χ0v) is 14.3. The van der Waals surface area contributed by atoms with Crippen LogP contribution >= 0.6 is 11.6 Å². The van der Waals surface area contributed by atoms with Gasteiger partial charge in [0.25, 0.3) is 0 Å². The first-order valence-electron chi connectivity index (χ1n) is 7.52. The molecule has 2 aromatic carbocycles. The molecule has 23 heavy (non-hydrogen) atoms. The molecule has 0 spiro atoms. The quantitative estimate of drug-likeness (QED) is 0.760. The lowest BCUT2D eigenvalue weighted by molar-refractivity contribution is 0.198. The number of nitrogens with two attached hydrogens (primary N) is 2. The fourth-order valence-corrected chi connectivity index (χ4v) is 2.95. The molecular formula is C18H23ClN2O2. The second kappa shape index (κ2) is 8.20. The van der Waals surface area contributed by atoms with Crippen molar-refractivity contribution in [3.05, 3.63) is 46.5 Å². The molecule has 0 atom stereocenters. The van der Waals surface area contributed by atoms with Crippen LogP contribution in [0.4, 0.5) is 11.4 Å². The van der Waals surface area contributed by atoms with Gasteiger partial charge in [-0.05, 0) is 36.1 Å². The van der Waals surface area contributed by atoms with Crippen molar-refractivity contribution in [2.24, 2.45) is 0 Å². The number of hydrogen-bond acceptors (Lipinski definition) is 4. The molecule has 0 saturated heterocycles. The summed E-state index contributed by atoms with van der Waals surface area (Å²) in [5.74, 6) is 0. The van der Waals surface area contributed by atoms with Crippen molar-refractivity contribution < 1.29 is 9.47 Å². The van der Waals surface area contributed by atoms with Crippen molar-refractivity contribution in [2.75, 3.05) is 38.9 Å². The highest BCUT2D eigenvalue weighted by molar-refractivity contribution is 6.33. The van der Waals surface area contributed by atoms with E-state index < -0.39 is 0 Å². The standard InChI is InChI=1S/C18H23ClN2O2/c1-22-9-7-13-14(8-10-23-2)18(21)15(11-17(13)20)12-5-3-4-6-16(12)19/h3-6,11H,7-10,20-21H2,1-2H3. The van der Waals surface area contributed by atoms with E-state index in [1.807, 2.05) is 30.3 Å². The van der Waals surface area contributed by atoms with Gasteiger partial charge in [0.2, 0.25) is 0 Å². The molecule has 0 heterocycles. The molecule has 0 fully saturated rings. The fourth-order valence-electron chi connectivity index (χ4n) is 2.71. The van der Waals surface area contributed by atoms with Gasteiger partial charge in [-0.3, -0.25) is 0 Å². The van der Waals surface area contributed by atoms with Gasteiger partial charge in [-0.15, -0.1) is 0 Å². The minimum Gasteiger partial charge on any atom is -0.398 e. The van der Waals surface area contributed by atoms with Crippen molar-refractivity contribution in [3.8, 4) is 11.1 Å². The van der Waals surface area contributed by atoms with Crippen LogP contribution in [-0.4, -0.2) is 27.4 Å². The Morgan fingerprint density at radius 1 is 0.913 bits per heavy atom. The second-order valence-electron chi connectivity index (χ2n) is 5.35. The van der Waals surface area contributed by atoms with Crippen LogP contribution in [0.2, 0.25) is 5.02 Å². The van der Waals surface area contributed by atoms with Gasteiger partial charge in [-0.25, -0.2) is 0 Å². The highest BCUT2D eigenvalue weighted by Crippen LogP contribution is 2.38. The van der Waals surface area contributed by atoms with Gasteiger partial charge in [0.1, 0.15) is 0 Å². The first-order valence-corrected chi connectivity index (χ1v) is 7.90. The summed E-state index contributed by atoms with van der Waals surface area (Å²) in [5, 5.41) is 0.654. The third kappa shape index (κ3) is 3.96. The third-order valence-corrected chi connectivity index (χ3v) is 4.23. The van der Waals surface area contributed by atoms with Gasteiger partial charge in [-0.2, -0.15) is 0 Å². The summed E-state index contributed by atoms with van der Waals surface area (Å²) < 4.78 is 10.4. The second-order valence-corrected chi connectivity index (χ2v) is 5.76.